The lowest BCUT2D eigenvalue weighted by Gasteiger charge is -2.09. The summed E-state index contributed by atoms with van der Waals surface area (Å²) in [6.07, 6.45) is -3.23. The molecule has 2 rings (SSSR count). The van der Waals surface area contributed by atoms with Crippen molar-refractivity contribution in [3.8, 4) is 11.3 Å². The van der Waals surface area contributed by atoms with Gasteiger partial charge in [-0.05, 0) is 13.0 Å². The molecule has 0 fully saturated rings. The molecule has 0 saturated heterocycles. The number of carboxylic acid groups (broad SMARTS) is 1. The van der Waals surface area contributed by atoms with Gasteiger partial charge in [0.15, 0.2) is 5.16 Å². The van der Waals surface area contributed by atoms with E-state index in [0.717, 1.165) is 17.8 Å². The van der Waals surface area contributed by atoms with Crippen LogP contribution in [-0.2, 0) is 18.0 Å². The normalized spacial score (nSPS) is 11.7. The summed E-state index contributed by atoms with van der Waals surface area (Å²) in [6.45, 7) is 1.67. The van der Waals surface area contributed by atoms with E-state index in [9.17, 15) is 18.0 Å². The van der Waals surface area contributed by atoms with Gasteiger partial charge in [-0.2, -0.15) is 18.3 Å². The molecular weight excluding hydrogens is 333 g/mol. The molecule has 0 aliphatic rings. The summed E-state index contributed by atoms with van der Waals surface area (Å²) in [4.78, 5) is 18.1. The number of aliphatic carboxylic acids is 1. The minimum Gasteiger partial charge on any atom is -0.481 e. The Morgan fingerprint density at radius 1 is 1.39 bits per heavy atom. The molecule has 0 bridgehead atoms. The van der Waals surface area contributed by atoms with Gasteiger partial charge < -0.3 is 5.11 Å². The first-order chi connectivity index (χ1) is 10.7. The van der Waals surface area contributed by atoms with Crippen molar-refractivity contribution < 1.29 is 23.1 Å². The molecule has 23 heavy (non-hydrogen) atoms. The first-order valence-corrected chi connectivity index (χ1v) is 7.47. The average Bonchev–Trinajstić information content (AvgIpc) is 2.76. The van der Waals surface area contributed by atoms with Crippen molar-refractivity contribution in [2.45, 2.75) is 24.7 Å². The van der Waals surface area contributed by atoms with Crippen molar-refractivity contribution in [3.63, 3.8) is 0 Å². The van der Waals surface area contributed by atoms with Gasteiger partial charge >= 0.3 is 12.1 Å². The fourth-order valence-electron chi connectivity index (χ4n) is 1.85. The molecule has 0 saturated carbocycles. The summed E-state index contributed by atoms with van der Waals surface area (Å²) in [5.41, 5.74) is 0.0561. The van der Waals surface area contributed by atoms with E-state index in [0.29, 0.717) is 11.3 Å². The Morgan fingerprint density at radius 3 is 2.61 bits per heavy atom. The standard InChI is InChI=1S/C13H13F3N4O2S/c1-7-8(6-20(2)19-7)9-5-10(13(14,15)16)18-12(17-9)23-4-3-11(21)22/h5-6H,3-4H2,1-2H3,(H,21,22). The Labute approximate surface area is 133 Å². The second kappa shape index (κ2) is 6.57. The average molecular weight is 346 g/mol. The molecule has 6 nitrogen and oxygen atoms in total. The van der Waals surface area contributed by atoms with E-state index in [-0.39, 0.29) is 23.0 Å². The Bertz CT molecular complexity index is 730. The first kappa shape index (κ1) is 17.3. The van der Waals surface area contributed by atoms with Gasteiger partial charge in [0.1, 0.15) is 5.69 Å². The Balaban J connectivity index is 2.41. The molecule has 0 spiro atoms. The van der Waals surface area contributed by atoms with Crippen LogP contribution in [0, 0.1) is 6.92 Å². The lowest BCUT2D eigenvalue weighted by Crippen LogP contribution is -2.10. The second-order valence-corrected chi connectivity index (χ2v) is 5.77. The third kappa shape index (κ3) is 4.44. The van der Waals surface area contributed by atoms with Crippen LogP contribution in [0.15, 0.2) is 17.4 Å². The first-order valence-electron chi connectivity index (χ1n) is 6.48. The van der Waals surface area contributed by atoms with Crippen LogP contribution in [0.2, 0.25) is 0 Å². The van der Waals surface area contributed by atoms with Crippen LogP contribution in [0.1, 0.15) is 17.8 Å². The maximum atomic E-state index is 13.0. The number of hydrogen-bond acceptors (Lipinski definition) is 5. The maximum Gasteiger partial charge on any atom is 0.433 e. The van der Waals surface area contributed by atoms with Crippen molar-refractivity contribution in [2.75, 3.05) is 5.75 Å². The zero-order valence-electron chi connectivity index (χ0n) is 12.3. The molecule has 0 unspecified atom stereocenters. The van der Waals surface area contributed by atoms with Gasteiger partial charge in [-0.15, -0.1) is 0 Å². The number of alkyl halides is 3. The maximum absolute atomic E-state index is 13.0. The van der Waals surface area contributed by atoms with Gasteiger partial charge in [-0.1, -0.05) is 11.8 Å². The van der Waals surface area contributed by atoms with E-state index in [1.165, 1.54) is 4.68 Å². The van der Waals surface area contributed by atoms with E-state index in [1.54, 1.807) is 20.2 Å². The molecule has 0 aliphatic carbocycles. The van der Waals surface area contributed by atoms with Gasteiger partial charge in [-0.25, -0.2) is 9.97 Å². The predicted octanol–water partition coefficient (Wildman–Crippen LogP) is 2.77. The molecule has 2 aromatic heterocycles. The zero-order valence-corrected chi connectivity index (χ0v) is 13.1. The Kier molecular flexibility index (Phi) is 4.93. The molecule has 0 aliphatic heterocycles. The SMILES string of the molecule is Cc1nn(C)cc1-c1cc(C(F)(F)F)nc(SCCC(=O)O)n1. The molecular formula is C13H13F3N4O2S. The number of rotatable bonds is 5. The van der Waals surface area contributed by atoms with Crippen LogP contribution in [-0.4, -0.2) is 36.6 Å². The lowest BCUT2D eigenvalue weighted by molar-refractivity contribution is -0.141. The topological polar surface area (TPSA) is 80.9 Å². The second-order valence-electron chi connectivity index (χ2n) is 4.71. The van der Waals surface area contributed by atoms with Crippen LogP contribution < -0.4 is 0 Å². The van der Waals surface area contributed by atoms with Crippen molar-refractivity contribution in [1.29, 1.82) is 0 Å². The minimum atomic E-state index is -4.62. The van der Waals surface area contributed by atoms with E-state index >= 15 is 0 Å². The molecule has 0 radical (unpaired) electrons. The third-order valence-electron chi connectivity index (χ3n) is 2.83. The molecule has 10 heteroatoms. The Hall–Kier alpha value is -2.10. The molecule has 2 aromatic rings. The van der Waals surface area contributed by atoms with Crippen molar-refractivity contribution in [3.05, 3.63) is 23.7 Å². The number of aryl methyl sites for hydroxylation is 2. The number of aromatic nitrogens is 4. The van der Waals surface area contributed by atoms with Gasteiger partial charge in [0, 0.05) is 24.6 Å². The fraction of sp³-hybridized carbons (Fsp3) is 0.385. The van der Waals surface area contributed by atoms with Crippen molar-refractivity contribution in [1.82, 2.24) is 19.7 Å². The predicted molar refractivity (Wildman–Crippen MR) is 76.9 cm³/mol. The van der Waals surface area contributed by atoms with Crippen LogP contribution >= 0.6 is 11.8 Å². The highest BCUT2D eigenvalue weighted by Crippen LogP contribution is 2.32. The summed E-state index contributed by atoms with van der Waals surface area (Å²) in [7, 11) is 1.66. The number of carboxylic acids is 1. The monoisotopic (exact) mass is 346 g/mol. The number of thioether (sulfide) groups is 1. The molecule has 2 heterocycles. The third-order valence-corrected chi connectivity index (χ3v) is 3.68. The fourth-order valence-corrected chi connectivity index (χ4v) is 2.64. The number of halogens is 3. The van der Waals surface area contributed by atoms with Gasteiger partial charge in [-0.3, -0.25) is 9.48 Å². The quantitative estimate of drug-likeness (QED) is 0.662. The summed E-state index contributed by atoms with van der Waals surface area (Å²) in [6, 6.07) is 0.866. The van der Waals surface area contributed by atoms with Gasteiger partial charge in [0.2, 0.25) is 0 Å². The van der Waals surface area contributed by atoms with Gasteiger partial charge in [0.05, 0.1) is 17.8 Å². The smallest absolute Gasteiger partial charge is 0.433 e. The molecule has 0 aromatic carbocycles. The van der Waals surface area contributed by atoms with Crippen LogP contribution in [0.25, 0.3) is 11.3 Å². The van der Waals surface area contributed by atoms with Crippen LogP contribution in [0.5, 0.6) is 0 Å². The highest BCUT2D eigenvalue weighted by molar-refractivity contribution is 7.99. The van der Waals surface area contributed by atoms with E-state index in [4.69, 9.17) is 5.11 Å². The number of hydrogen-bond donors (Lipinski definition) is 1. The van der Waals surface area contributed by atoms with Crippen LogP contribution in [0.4, 0.5) is 13.2 Å². The van der Waals surface area contributed by atoms with Crippen LogP contribution in [0.3, 0.4) is 0 Å². The van der Waals surface area contributed by atoms with Gasteiger partial charge in [0.25, 0.3) is 0 Å². The minimum absolute atomic E-state index is 0.0854. The van der Waals surface area contributed by atoms with E-state index < -0.39 is 17.8 Å². The summed E-state index contributed by atoms with van der Waals surface area (Å²) < 4.78 is 40.5. The van der Waals surface area contributed by atoms with E-state index in [1.807, 2.05) is 0 Å². The highest BCUT2D eigenvalue weighted by Gasteiger charge is 2.34. The van der Waals surface area contributed by atoms with E-state index in [2.05, 4.69) is 15.1 Å². The number of nitrogens with zero attached hydrogens (tertiary/aromatic N) is 4. The molecule has 124 valence electrons. The number of carbonyl (C=O) groups is 1. The molecule has 0 amide bonds. The summed E-state index contributed by atoms with van der Waals surface area (Å²) in [5.74, 6) is -0.949. The zero-order chi connectivity index (χ0) is 17.2. The molecule has 1 N–H and O–H groups in total. The molecule has 0 atom stereocenters. The van der Waals surface area contributed by atoms with Crippen molar-refractivity contribution >= 4 is 17.7 Å². The Morgan fingerprint density at radius 2 is 2.09 bits per heavy atom. The largest absolute Gasteiger partial charge is 0.481 e. The summed E-state index contributed by atoms with van der Waals surface area (Å²) in [5, 5.41) is 12.6. The lowest BCUT2D eigenvalue weighted by atomic mass is 10.1. The van der Waals surface area contributed by atoms with Crippen molar-refractivity contribution in [2.24, 2.45) is 7.05 Å². The highest BCUT2D eigenvalue weighted by atomic mass is 32.2. The summed E-state index contributed by atoms with van der Waals surface area (Å²) >= 11 is 0.870.